The van der Waals surface area contributed by atoms with Gasteiger partial charge in [-0.2, -0.15) is 0 Å². The van der Waals surface area contributed by atoms with Crippen LogP contribution in [-0.4, -0.2) is 23.2 Å². The highest BCUT2D eigenvalue weighted by Crippen LogP contribution is 2.32. The third-order valence-corrected chi connectivity index (χ3v) is 2.66. The Kier molecular flexibility index (Phi) is 4.76. The van der Waals surface area contributed by atoms with Crippen LogP contribution in [0.3, 0.4) is 0 Å². The largest absolute Gasteiger partial charge is 0.493 e. The van der Waals surface area contributed by atoms with Crippen molar-refractivity contribution in [2.24, 2.45) is 0 Å². The Morgan fingerprint density at radius 1 is 1.25 bits per heavy atom. The zero-order valence-electron chi connectivity index (χ0n) is 12.0. The smallest absolute Gasteiger partial charge is 0.166 e. The fourth-order valence-corrected chi connectivity index (χ4v) is 1.81. The van der Waals surface area contributed by atoms with E-state index in [9.17, 15) is 0 Å². The average Bonchev–Trinajstić information content (AvgIpc) is 2.46. The summed E-state index contributed by atoms with van der Waals surface area (Å²) in [6, 6.07) is 5.84. The molecule has 0 aliphatic heterocycles. The van der Waals surface area contributed by atoms with E-state index in [2.05, 4.69) is 15.3 Å². The molecule has 0 radical (unpaired) electrons. The van der Waals surface area contributed by atoms with E-state index in [1.165, 1.54) is 0 Å². The van der Waals surface area contributed by atoms with Crippen LogP contribution in [0.1, 0.15) is 19.4 Å². The minimum atomic E-state index is 0.0848. The Morgan fingerprint density at radius 2 is 2.10 bits per heavy atom. The number of ether oxygens (including phenoxy) is 2. The van der Waals surface area contributed by atoms with Crippen LogP contribution in [0, 0.1) is 0 Å². The van der Waals surface area contributed by atoms with Crippen molar-refractivity contribution in [3.8, 4) is 11.5 Å². The lowest BCUT2D eigenvalue weighted by atomic mass is 10.2. The van der Waals surface area contributed by atoms with Gasteiger partial charge in [0.2, 0.25) is 0 Å². The number of rotatable bonds is 6. The predicted molar refractivity (Wildman–Crippen MR) is 78.1 cm³/mol. The summed E-state index contributed by atoms with van der Waals surface area (Å²) in [7, 11) is 1.64. The van der Waals surface area contributed by atoms with E-state index in [0.29, 0.717) is 6.54 Å². The van der Waals surface area contributed by atoms with Crippen molar-refractivity contribution in [1.29, 1.82) is 0 Å². The number of hydrogen-bond donors (Lipinski definition) is 1. The number of nitrogens with zero attached hydrogens (tertiary/aromatic N) is 2. The molecule has 2 rings (SSSR count). The highest BCUT2D eigenvalue weighted by Gasteiger charge is 2.12. The van der Waals surface area contributed by atoms with Crippen molar-refractivity contribution in [2.45, 2.75) is 26.5 Å². The number of nitrogens with one attached hydrogen (secondary N) is 1. The van der Waals surface area contributed by atoms with Gasteiger partial charge in [0.15, 0.2) is 11.5 Å². The Hall–Kier alpha value is -2.30. The van der Waals surface area contributed by atoms with Crippen molar-refractivity contribution in [1.82, 2.24) is 9.97 Å². The number of methoxy groups -OCH3 is 1. The van der Waals surface area contributed by atoms with Crippen LogP contribution in [0.25, 0.3) is 0 Å². The molecular formula is C15H19N3O2. The van der Waals surface area contributed by atoms with Gasteiger partial charge < -0.3 is 14.8 Å². The van der Waals surface area contributed by atoms with Crippen LogP contribution in [0.4, 0.5) is 5.82 Å². The molecular weight excluding hydrogens is 254 g/mol. The lowest BCUT2D eigenvalue weighted by Gasteiger charge is -2.17. The SMILES string of the molecule is COc1cccc(CNc2cnccn2)c1OC(C)C. The van der Waals surface area contributed by atoms with Gasteiger partial charge in [0.25, 0.3) is 0 Å². The third kappa shape index (κ3) is 3.60. The molecule has 0 fully saturated rings. The minimum Gasteiger partial charge on any atom is -0.493 e. The molecule has 106 valence electrons. The van der Waals surface area contributed by atoms with Crippen molar-refractivity contribution < 1.29 is 9.47 Å². The summed E-state index contributed by atoms with van der Waals surface area (Å²) < 4.78 is 11.2. The van der Waals surface area contributed by atoms with Gasteiger partial charge in [-0.25, -0.2) is 4.98 Å². The van der Waals surface area contributed by atoms with Gasteiger partial charge in [0.1, 0.15) is 5.82 Å². The second kappa shape index (κ2) is 6.75. The highest BCUT2D eigenvalue weighted by atomic mass is 16.5. The maximum atomic E-state index is 5.85. The second-order valence-corrected chi connectivity index (χ2v) is 4.56. The minimum absolute atomic E-state index is 0.0848. The first-order valence-corrected chi connectivity index (χ1v) is 6.53. The first-order chi connectivity index (χ1) is 9.70. The zero-order valence-corrected chi connectivity index (χ0v) is 12.0. The van der Waals surface area contributed by atoms with Crippen LogP contribution in [-0.2, 0) is 6.54 Å². The zero-order chi connectivity index (χ0) is 14.4. The molecule has 1 aromatic carbocycles. The maximum absolute atomic E-state index is 5.85. The number of anilines is 1. The van der Waals surface area contributed by atoms with Gasteiger partial charge >= 0.3 is 0 Å². The fourth-order valence-electron chi connectivity index (χ4n) is 1.81. The quantitative estimate of drug-likeness (QED) is 0.877. The molecule has 0 atom stereocenters. The van der Waals surface area contributed by atoms with Crippen LogP contribution < -0.4 is 14.8 Å². The summed E-state index contributed by atoms with van der Waals surface area (Å²) in [5, 5.41) is 3.22. The molecule has 5 nitrogen and oxygen atoms in total. The number of benzene rings is 1. The van der Waals surface area contributed by atoms with Gasteiger partial charge in [-0.1, -0.05) is 12.1 Å². The number of para-hydroxylation sites is 1. The topological polar surface area (TPSA) is 56.3 Å². The average molecular weight is 273 g/mol. The van der Waals surface area contributed by atoms with Gasteiger partial charge in [0.05, 0.1) is 19.4 Å². The van der Waals surface area contributed by atoms with E-state index in [0.717, 1.165) is 22.9 Å². The standard InChI is InChI=1S/C15H19N3O2/c1-11(2)20-15-12(5-4-6-13(15)19-3)9-18-14-10-16-7-8-17-14/h4-8,10-11H,9H2,1-3H3,(H,17,18). The molecule has 1 heterocycles. The summed E-state index contributed by atoms with van der Waals surface area (Å²) in [5.41, 5.74) is 1.02. The molecule has 0 saturated carbocycles. The first-order valence-electron chi connectivity index (χ1n) is 6.53. The van der Waals surface area contributed by atoms with Gasteiger partial charge in [-0.3, -0.25) is 4.98 Å². The lowest BCUT2D eigenvalue weighted by molar-refractivity contribution is 0.228. The van der Waals surface area contributed by atoms with Crippen molar-refractivity contribution in [3.63, 3.8) is 0 Å². The molecule has 1 aromatic heterocycles. The molecule has 5 heteroatoms. The van der Waals surface area contributed by atoms with Crippen LogP contribution >= 0.6 is 0 Å². The van der Waals surface area contributed by atoms with E-state index in [4.69, 9.17) is 9.47 Å². The van der Waals surface area contributed by atoms with E-state index < -0.39 is 0 Å². The van der Waals surface area contributed by atoms with Crippen molar-refractivity contribution in [3.05, 3.63) is 42.4 Å². The van der Waals surface area contributed by atoms with E-state index in [1.807, 2.05) is 32.0 Å². The molecule has 0 amide bonds. The normalized spacial score (nSPS) is 10.4. The second-order valence-electron chi connectivity index (χ2n) is 4.56. The van der Waals surface area contributed by atoms with Crippen LogP contribution in [0.2, 0.25) is 0 Å². The lowest BCUT2D eigenvalue weighted by Crippen LogP contribution is -2.11. The van der Waals surface area contributed by atoms with Gasteiger partial charge in [0, 0.05) is 24.5 Å². The van der Waals surface area contributed by atoms with Gasteiger partial charge in [-0.15, -0.1) is 0 Å². The molecule has 0 aliphatic carbocycles. The summed E-state index contributed by atoms with van der Waals surface area (Å²) in [4.78, 5) is 8.20. The third-order valence-electron chi connectivity index (χ3n) is 2.66. The summed E-state index contributed by atoms with van der Waals surface area (Å²) in [6.45, 7) is 4.58. The van der Waals surface area contributed by atoms with E-state index >= 15 is 0 Å². The maximum Gasteiger partial charge on any atom is 0.166 e. The highest BCUT2D eigenvalue weighted by molar-refractivity contribution is 5.48. The predicted octanol–water partition coefficient (Wildman–Crippen LogP) is 2.88. The number of aromatic nitrogens is 2. The Bertz CT molecular complexity index is 544. The van der Waals surface area contributed by atoms with E-state index in [-0.39, 0.29) is 6.10 Å². The van der Waals surface area contributed by atoms with E-state index in [1.54, 1.807) is 25.7 Å². The Balaban J connectivity index is 2.18. The van der Waals surface area contributed by atoms with Crippen molar-refractivity contribution in [2.75, 3.05) is 12.4 Å². The molecule has 0 bridgehead atoms. The molecule has 0 saturated heterocycles. The van der Waals surface area contributed by atoms with Gasteiger partial charge in [-0.05, 0) is 19.9 Å². The first kappa shape index (κ1) is 14.1. The monoisotopic (exact) mass is 273 g/mol. The molecule has 1 N–H and O–H groups in total. The van der Waals surface area contributed by atoms with Crippen LogP contribution in [0.15, 0.2) is 36.8 Å². The fraction of sp³-hybridized carbons (Fsp3) is 0.333. The molecule has 20 heavy (non-hydrogen) atoms. The molecule has 0 aliphatic rings. The van der Waals surface area contributed by atoms with Crippen molar-refractivity contribution >= 4 is 5.82 Å². The summed E-state index contributed by atoms with van der Waals surface area (Å²) in [5.74, 6) is 2.23. The molecule has 0 unspecified atom stereocenters. The summed E-state index contributed by atoms with van der Waals surface area (Å²) in [6.07, 6.45) is 5.06. The molecule has 0 spiro atoms. The number of hydrogen-bond acceptors (Lipinski definition) is 5. The Morgan fingerprint density at radius 3 is 2.75 bits per heavy atom. The molecule has 2 aromatic rings. The van der Waals surface area contributed by atoms with Crippen LogP contribution in [0.5, 0.6) is 11.5 Å². The Labute approximate surface area is 119 Å². The summed E-state index contributed by atoms with van der Waals surface area (Å²) >= 11 is 0.